The molecule has 2 N–H and O–H groups in total. The molecule has 0 radical (unpaired) electrons. The van der Waals surface area contributed by atoms with Crippen molar-refractivity contribution in [1.82, 2.24) is 10.6 Å². The van der Waals surface area contributed by atoms with Crippen molar-refractivity contribution in [2.75, 3.05) is 24.7 Å². The molecule has 0 spiro atoms. The third-order valence-electron chi connectivity index (χ3n) is 3.75. The number of carbonyl (C=O) groups excluding carboxylic acids is 2. The largest absolute Gasteiger partial charge is 0.494 e. The Morgan fingerprint density at radius 3 is 2.80 bits per heavy atom. The molecule has 2 amide bonds. The molecule has 25 heavy (non-hydrogen) atoms. The summed E-state index contributed by atoms with van der Waals surface area (Å²) in [7, 11) is 0. The Kier molecular flexibility index (Phi) is 7.18. The minimum atomic E-state index is -0.717. The first-order valence-electron chi connectivity index (χ1n) is 8.30. The highest BCUT2D eigenvalue weighted by molar-refractivity contribution is 7.99. The van der Waals surface area contributed by atoms with Crippen LogP contribution in [0.15, 0.2) is 36.5 Å². The van der Waals surface area contributed by atoms with Crippen molar-refractivity contribution in [1.29, 1.82) is 0 Å². The first-order chi connectivity index (χ1) is 12.1. The van der Waals surface area contributed by atoms with E-state index in [-0.39, 0.29) is 0 Å². The first kappa shape index (κ1) is 19.2. The second-order valence-corrected chi connectivity index (χ2v) is 6.81. The van der Waals surface area contributed by atoms with E-state index >= 15 is 0 Å². The molecule has 136 valence electrons. The average molecular weight is 364 g/mol. The first-order valence-corrected chi connectivity index (χ1v) is 9.46. The normalized spacial score (nSPS) is 19.8. The average Bonchev–Trinajstić information content (AvgIpc) is 2.58. The predicted molar refractivity (Wildman–Crippen MR) is 98.6 cm³/mol. The maximum absolute atomic E-state index is 12.6. The zero-order chi connectivity index (χ0) is 18.2. The van der Waals surface area contributed by atoms with Crippen molar-refractivity contribution in [2.45, 2.75) is 19.9 Å². The Balaban J connectivity index is 2.24. The van der Waals surface area contributed by atoms with E-state index in [0.717, 1.165) is 17.1 Å². The van der Waals surface area contributed by atoms with Crippen LogP contribution in [0, 0.1) is 5.92 Å². The van der Waals surface area contributed by atoms with Crippen LogP contribution in [0.2, 0.25) is 0 Å². The summed E-state index contributed by atoms with van der Waals surface area (Å²) in [5.74, 6) is 1.21. The number of hydrogen-bond acceptors (Lipinski definition) is 5. The molecule has 0 saturated carbocycles. The van der Waals surface area contributed by atoms with E-state index in [2.05, 4.69) is 24.1 Å². The lowest BCUT2D eigenvalue weighted by Crippen LogP contribution is -2.51. The van der Waals surface area contributed by atoms with Gasteiger partial charge in [-0.05, 0) is 18.7 Å². The molecular weight excluding hydrogens is 340 g/mol. The van der Waals surface area contributed by atoms with Crippen molar-refractivity contribution in [3.63, 3.8) is 0 Å². The molecule has 1 fully saturated rings. The lowest BCUT2D eigenvalue weighted by Gasteiger charge is -2.34. The van der Waals surface area contributed by atoms with E-state index < -0.39 is 24.0 Å². The molecule has 2 rings (SSSR count). The minimum absolute atomic E-state index is 0.327. The highest BCUT2D eigenvalue weighted by Gasteiger charge is 2.40. The maximum Gasteiger partial charge on any atom is 0.319 e. The van der Waals surface area contributed by atoms with Gasteiger partial charge in [-0.1, -0.05) is 31.7 Å². The highest BCUT2D eigenvalue weighted by atomic mass is 32.2. The van der Waals surface area contributed by atoms with Crippen LogP contribution in [0.5, 0.6) is 5.75 Å². The second-order valence-electron chi connectivity index (χ2n) is 5.41. The fourth-order valence-electron chi connectivity index (χ4n) is 2.68. The van der Waals surface area contributed by atoms with Gasteiger partial charge in [0.2, 0.25) is 0 Å². The molecule has 0 bridgehead atoms. The molecule has 1 saturated heterocycles. The summed E-state index contributed by atoms with van der Waals surface area (Å²) in [6.45, 7) is 8.59. The molecule has 0 aromatic heterocycles. The third kappa shape index (κ3) is 4.92. The number of nitrogens with one attached hydrogen (secondary N) is 2. The Hall–Kier alpha value is -2.15. The zero-order valence-corrected chi connectivity index (χ0v) is 15.4. The summed E-state index contributed by atoms with van der Waals surface area (Å²) in [5.41, 5.74) is 1.05. The predicted octanol–water partition coefficient (Wildman–Crippen LogP) is 2.87. The van der Waals surface area contributed by atoms with Gasteiger partial charge in [-0.25, -0.2) is 4.79 Å². The molecular formula is C18H24N2O4S. The Morgan fingerprint density at radius 1 is 1.32 bits per heavy atom. The van der Waals surface area contributed by atoms with Crippen molar-refractivity contribution in [2.24, 2.45) is 5.92 Å². The van der Waals surface area contributed by atoms with Crippen LogP contribution in [0.4, 0.5) is 4.79 Å². The summed E-state index contributed by atoms with van der Waals surface area (Å²) >= 11 is 1.70. The summed E-state index contributed by atoms with van der Waals surface area (Å²) < 4.78 is 11.0. The van der Waals surface area contributed by atoms with Crippen LogP contribution < -0.4 is 15.4 Å². The Bertz CT molecular complexity index is 635. The monoisotopic (exact) mass is 364 g/mol. The van der Waals surface area contributed by atoms with Crippen LogP contribution in [-0.2, 0) is 9.53 Å². The Morgan fingerprint density at radius 2 is 2.08 bits per heavy atom. The molecule has 0 unspecified atom stereocenters. The summed E-state index contributed by atoms with van der Waals surface area (Å²) in [4.78, 5) is 24.5. The molecule has 1 aromatic carbocycles. The van der Waals surface area contributed by atoms with Crippen molar-refractivity contribution in [3.05, 3.63) is 42.1 Å². The van der Waals surface area contributed by atoms with Gasteiger partial charge >= 0.3 is 12.0 Å². The van der Waals surface area contributed by atoms with Crippen LogP contribution >= 0.6 is 11.8 Å². The van der Waals surface area contributed by atoms with Gasteiger partial charge < -0.3 is 20.1 Å². The smallest absolute Gasteiger partial charge is 0.319 e. The van der Waals surface area contributed by atoms with Crippen molar-refractivity contribution < 1.29 is 19.1 Å². The van der Waals surface area contributed by atoms with Gasteiger partial charge in [0.1, 0.15) is 18.3 Å². The number of thioether (sulfide) groups is 1. The molecule has 6 nitrogen and oxygen atoms in total. The molecule has 1 heterocycles. The molecule has 1 aromatic rings. The number of rotatable bonds is 8. The molecule has 0 aliphatic carbocycles. The number of esters is 1. The van der Waals surface area contributed by atoms with Gasteiger partial charge in [0.05, 0.1) is 12.6 Å². The topological polar surface area (TPSA) is 76.7 Å². The van der Waals surface area contributed by atoms with Crippen LogP contribution in [-0.4, -0.2) is 36.7 Å². The van der Waals surface area contributed by atoms with Crippen LogP contribution in [0.3, 0.4) is 0 Å². The van der Waals surface area contributed by atoms with Gasteiger partial charge in [-0.3, -0.25) is 4.79 Å². The van der Waals surface area contributed by atoms with Crippen molar-refractivity contribution >= 4 is 23.8 Å². The van der Waals surface area contributed by atoms with Gasteiger partial charge in [-0.2, -0.15) is 11.8 Å². The van der Waals surface area contributed by atoms with E-state index in [4.69, 9.17) is 9.47 Å². The maximum atomic E-state index is 12.6. The van der Waals surface area contributed by atoms with Gasteiger partial charge in [0, 0.05) is 17.0 Å². The Labute approximate surface area is 152 Å². The number of hydrogen-bond donors (Lipinski definition) is 2. The molecule has 1 aliphatic heterocycles. The number of para-hydroxylation sites is 1. The highest BCUT2D eigenvalue weighted by Crippen LogP contribution is 2.35. The number of carbonyl (C=O) groups is 2. The number of ether oxygens (including phenoxy) is 2. The second kappa shape index (κ2) is 9.36. The number of urea groups is 1. The van der Waals surface area contributed by atoms with Gasteiger partial charge in [0.15, 0.2) is 0 Å². The number of benzene rings is 1. The molecule has 1 aliphatic rings. The van der Waals surface area contributed by atoms with Gasteiger partial charge in [-0.15, -0.1) is 0 Å². The minimum Gasteiger partial charge on any atom is -0.494 e. The summed E-state index contributed by atoms with van der Waals surface area (Å²) in [6.07, 6.45) is 0. The van der Waals surface area contributed by atoms with Crippen LogP contribution in [0.25, 0.3) is 0 Å². The van der Waals surface area contributed by atoms with Crippen LogP contribution in [0.1, 0.15) is 25.5 Å². The summed E-state index contributed by atoms with van der Waals surface area (Å²) in [6, 6.07) is 6.36. The lowest BCUT2D eigenvalue weighted by atomic mass is 9.88. The van der Waals surface area contributed by atoms with E-state index in [1.54, 1.807) is 11.8 Å². The fraction of sp³-hybridized carbons (Fsp3) is 0.444. The lowest BCUT2D eigenvalue weighted by molar-refractivity contribution is -0.147. The van der Waals surface area contributed by atoms with Crippen molar-refractivity contribution in [3.8, 4) is 5.75 Å². The quantitative estimate of drug-likeness (QED) is 0.548. The summed E-state index contributed by atoms with van der Waals surface area (Å²) in [5, 5.41) is 5.37. The molecule has 7 heteroatoms. The third-order valence-corrected chi connectivity index (χ3v) is 4.62. The standard InChI is InChI=1S/C18H24N2O4S/c1-4-23-14-9-7-6-8-13(14)16-15(12(3)19-18(22)20-16)17(21)24-10-11-25-5-2/h6-9,15-16H,3-5,10-11H2,1-2H3,(H2,19,20,22)/t15-,16+/m1/s1. The van der Waals surface area contributed by atoms with E-state index in [1.807, 2.05) is 31.2 Å². The molecule has 2 atom stereocenters. The van der Waals surface area contributed by atoms with E-state index in [0.29, 0.717) is 24.7 Å². The number of amides is 2. The fourth-order valence-corrected chi connectivity index (χ4v) is 3.17. The van der Waals surface area contributed by atoms with Gasteiger partial charge in [0.25, 0.3) is 0 Å². The van der Waals surface area contributed by atoms with E-state index in [9.17, 15) is 9.59 Å². The van der Waals surface area contributed by atoms with E-state index in [1.165, 1.54) is 0 Å². The SMILES string of the molecule is C=C1NC(=O)N[C@@H](c2ccccc2OCC)[C@@H]1C(=O)OCCSCC. The zero-order valence-electron chi connectivity index (χ0n) is 14.5.